The first kappa shape index (κ1) is 24.8. The third-order valence-corrected chi connectivity index (χ3v) is 5.36. The molecule has 0 saturated heterocycles. The SMILES string of the molecule is CCC(=O)Nc1cc(OC)c(C(=O)O[C@@H](C(=O)c2ccc(OC)cc2)c2ccccc2)cc1Cl. The first-order valence-corrected chi connectivity index (χ1v) is 10.9. The van der Waals surface area contributed by atoms with Gasteiger partial charge in [-0.1, -0.05) is 48.9 Å². The highest BCUT2D eigenvalue weighted by atomic mass is 35.5. The van der Waals surface area contributed by atoms with Crippen LogP contribution in [0.25, 0.3) is 0 Å². The highest BCUT2D eigenvalue weighted by Gasteiger charge is 2.28. The molecule has 3 rings (SSSR count). The molecule has 3 aromatic rings. The molecule has 0 saturated carbocycles. The average Bonchev–Trinajstić information content (AvgIpc) is 2.88. The van der Waals surface area contributed by atoms with E-state index in [1.807, 2.05) is 0 Å². The van der Waals surface area contributed by atoms with Crippen molar-refractivity contribution in [2.75, 3.05) is 19.5 Å². The Balaban J connectivity index is 1.95. The zero-order chi connectivity index (χ0) is 24.7. The molecular weight excluding hydrogens is 458 g/mol. The van der Waals surface area contributed by atoms with Crippen LogP contribution in [0.15, 0.2) is 66.7 Å². The molecule has 0 radical (unpaired) electrons. The topological polar surface area (TPSA) is 90.9 Å². The van der Waals surface area contributed by atoms with Crippen LogP contribution < -0.4 is 14.8 Å². The zero-order valence-electron chi connectivity index (χ0n) is 19.0. The van der Waals surface area contributed by atoms with Gasteiger partial charge in [-0.05, 0) is 30.3 Å². The van der Waals surface area contributed by atoms with Crippen LogP contribution in [0.3, 0.4) is 0 Å². The molecule has 0 heterocycles. The maximum atomic E-state index is 13.3. The lowest BCUT2D eigenvalue weighted by atomic mass is 9.99. The lowest BCUT2D eigenvalue weighted by molar-refractivity contribution is -0.115. The molecule has 1 atom stereocenters. The summed E-state index contributed by atoms with van der Waals surface area (Å²) in [7, 11) is 2.91. The number of hydrogen-bond acceptors (Lipinski definition) is 6. The zero-order valence-corrected chi connectivity index (χ0v) is 19.7. The smallest absolute Gasteiger partial charge is 0.343 e. The molecule has 3 aromatic carbocycles. The molecule has 0 unspecified atom stereocenters. The number of Topliss-reactive ketones (excluding diaryl/α,β-unsaturated/α-hetero) is 1. The van der Waals surface area contributed by atoms with E-state index in [9.17, 15) is 14.4 Å². The van der Waals surface area contributed by atoms with Crippen LogP contribution in [0.4, 0.5) is 5.69 Å². The number of esters is 1. The van der Waals surface area contributed by atoms with Crippen LogP contribution in [-0.2, 0) is 9.53 Å². The number of methoxy groups -OCH3 is 2. The Labute approximate surface area is 202 Å². The molecule has 0 aliphatic heterocycles. The Morgan fingerprint density at radius 3 is 2.21 bits per heavy atom. The third-order valence-electron chi connectivity index (χ3n) is 5.04. The number of rotatable bonds is 9. The second-order valence-corrected chi connectivity index (χ2v) is 7.63. The van der Waals surface area contributed by atoms with Gasteiger partial charge in [-0.2, -0.15) is 0 Å². The number of carbonyl (C=O) groups excluding carboxylic acids is 3. The predicted octanol–water partition coefficient (Wildman–Crippen LogP) is 5.49. The predicted molar refractivity (Wildman–Crippen MR) is 129 cm³/mol. The number of benzene rings is 3. The third kappa shape index (κ3) is 5.74. The lowest BCUT2D eigenvalue weighted by Crippen LogP contribution is -2.21. The summed E-state index contributed by atoms with van der Waals surface area (Å²) < 4.78 is 16.2. The molecule has 0 spiro atoms. The van der Waals surface area contributed by atoms with Crippen molar-refractivity contribution in [3.63, 3.8) is 0 Å². The number of ether oxygens (including phenoxy) is 3. The molecule has 7 nitrogen and oxygen atoms in total. The lowest BCUT2D eigenvalue weighted by Gasteiger charge is -2.19. The van der Waals surface area contributed by atoms with E-state index in [4.69, 9.17) is 25.8 Å². The number of nitrogens with one attached hydrogen (secondary N) is 1. The standard InChI is InChI=1S/C26H24ClNO6/c1-4-23(29)28-21-15-22(33-3)19(14-20(21)27)26(31)34-25(17-8-6-5-7-9-17)24(30)16-10-12-18(32-2)13-11-16/h5-15,25H,4H2,1-3H3,(H,28,29)/t25-/m1/s1. The fourth-order valence-corrected chi connectivity index (χ4v) is 3.41. The Morgan fingerprint density at radius 2 is 1.62 bits per heavy atom. The highest BCUT2D eigenvalue weighted by Crippen LogP contribution is 2.33. The van der Waals surface area contributed by atoms with Gasteiger partial charge in [0.05, 0.1) is 24.9 Å². The molecule has 0 fully saturated rings. The summed E-state index contributed by atoms with van der Waals surface area (Å²) in [5.74, 6) is -0.709. The largest absolute Gasteiger partial charge is 0.497 e. The fraction of sp³-hybridized carbons (Fsp3) is 0.192. The summed E-state index contributed by atoms with van der Waals surface area (Å²) in [6, 6.07) is 18.0. The average molecular weight is 482 g/mol. The minimum absolute atomic E-state index is 0.0189. The van der Waals surface area contributed by atoms with Crippen LogP contribution in [0.1, 0.15) is 45.7 Å². The first-order chi connectivity index (χ1) is 16.4. The molecule has 0 aromatic heterocycles. The number of ketones is 1. The quantitative estimate of drug-likeness (QED) is 0.321. The Kier molecular flexibility index (Phi) is 8.27. The van der Waals surface area contributed by atoms with E-state index >= 15 is 0 Å². The van der Waals surface area contributed by atoms with Gasteiger partial charge in [0.1, 0.15) is 17.1 Å². The van der Waals surface area contributed by atoms with E-state index in [0.29, 0.717) is 22.6 Å². The fourth-order valence-electron chi connectivity index (χ4n) is 3.19. The van der Waals surface area contributed by atoms with E-state index in [1.165, 1.54) is 26.4 Å². The normalized spacial score (nSPS) is 11.3. The Bertz CT molecular complexity index is 1180. The van der Waals surface area contributed by atoms with Crippen molar-refractivity contribution in [3.8, 4) is 11.5 Å². The van der Waals surface area contributed by atoms with Crippen LogP contribution in [0.2, 0.25) is 5.02 Å². The summed E-state index contributed by atoms with van der Waals surface area (Å²) >= 11 is 6.29. The van der Waals surface area contributed by atoms with Crippen LogP contribution in [0.5, 0.6) is 11.5 Å². The molecule has 34 heavy (non-hydrogen) atoms. The monoisotopic (exact) mass is 481 g/mol. The van der Waals surface area contributed by atoms with E-state index in [0.717, 1.165) is 0 Å². The van der Waals surface area contributed by atoms with E-state index in [1.54, 1.807) is 61.5 Å². The van der Waals surface area contributed by atoms with Crippen molar-refractivity contribution in [2.45, 2.75) is 19.4 Å². The van der Waals surface area contributed by atoms with Gasteiger partial charge < -0.3 is 19.5 Å². The molecule has 8 heteroatoms. The van der Waals surface area contributed by atoms with Crippen LogP contribution in [0, 0.1) is 0 Å². The number of halogens is 1. The Morgan fingerprint density at radius 1 is 0.941 bits per heavy atom. The van der Waals surface area contributed by atoms with Gasteiger partial charge in [0, 0.05) is 23.6 Å². The maximum absolute atomic E-state index is 13.3. The highest BCUT2D eigenvalue weighted by molar-refractivity contribution is 6.34. The van der Waals surface area contributed by atoms with Crippen molar-refractivity contribution in [1.82, 2.24) is 0 Å². The summed E-state index contributed by atoms with van der Waals surface area (Å²) in [6.07, 6.45) is -0.945. The maximum Gasteiger partial charge on any atom is 0.343 e. The molecule has 176 valence electrons. The summed E-state index contributed by atoms with van der Waals surface area (Å²) in [4.78, 5) is 38.2. The van der Waals surface area contributed by atoms with Gasteiger partial charge in [0.25, 0.3) is 0 Å². The van der Waals surface area contributed by atoms with E-state index in [-0.39, 0.29) is 28.7 Å². The second kappa shape index (κ2) is 11.3. The van der Waals surface area contributed by atoms with E-state index in [2.05, 4.69) is 5.32 Å². The van der Waals surface area contributed by atoms with Crippen molar-refractivity contribution in [3.05, 3.63) is 88.4 Å². The summed E-state index contributed by atoms with van der Waals surface area (Å²) in [5, 5.41) is 2.78. The summed E-state index contributed by atoms with van der Waals surface area (Å²) in [5.41, 5.74) is 1.18. The van der Waals surface area contributed by atoms with Crippen molar-refractivity contribution >= 4 is 34.9 Å². The van der Waals surface area contributed by atoms with Crippen molar-refractivity contribution < 1.29 is 28.6 Å². The minimum Gasteiger partial charge on any atom is -0.497 e. The van der Waals surface area contributed by atoms with Gasteiger partial charge in [-0.25, -0.2) is 4.79 Å². The molecule has 0 aliphatic carbocycles. The van der Waals surface area contributed by atoms with Gasteiger partial charge >= 0.3 is 5.97 Å². The molecule has 1 N–H and O–H groups in total. The number of carbonyl (C=O) groups is 3. The van der Waals surface area contributed by atoms with Gasteiger partial charge in [-0.3, -0.25) is 9.59 Å². The van der Waals surface area contributed by atoms with Crippen LogP contribution in [-0.4, -0.2) is 31.9 Å². The molecule has 0 bridgehead atoms. The van der Waals surface area contributed by atoms with Gasteiger partial charge in [-0.15, -0.1) is 0 Å². The number of amides is 1. The Hall–Kier alpha value is -3.84. The molecular formula is C26H24ClNO6. The van der Waals surface area contributed by atoms with Gasteiger partial charge in [0.2, 0.25) is 11.7 Å². The summed E-state index contributed by atoms with van der Waals surface area (Å²) in [6.45, 7) is 1.70. The van der Waals surface area contributed by atoms with Crippen LogP contribution >= 0.6 is 11.6 Å². The number of anilines is 1. The van der Waals surface area contributed by atoms with Crippen molar-refractivity contribution in [1.29, 1.82) is 0 Å². The van der Waals surface area contributed by atoms with Gasteiger partial charge in [0.15, 0.2) is 6.10 Å². The molecule has 0 aliphatic rings. The van der Waals surface area contributed by atoms with E-state index < -0.39 is 17.9 Å². The molecule has 1 amide bonds. The minimum atomic E-state index is -1.20. The first-order valence-electron chi connectivity index (χ1n) is 10.5. The number of hydrogen-bond donors (Lipinski definition) is 1. The second-order valence-electron chi connectivity index (χ2n) is 7.22. The van der Waals surface area contributed by atoms with Crippen molar-refractivity contribution in [2.24, 2.45) is 0 Å².